The maximum Gasteiger partial charge on any atom is 0.264 e. The van der Waals surface area contributed by atoms with Gasteiger partial charge in [0.15, 0.2) is 0 Å². The lowest BCUT2D eigenvalue weighted by Crippen LogP contribution is -2.56. The molecule has 0 spiro atoms. The molecule has 0 bridgehead atoms. The molecule has 1 fully saturated rings. The van der Waals surface area contributed by atoms with Crippen LogP contribution in [0.15, 0.2) is 17.5 Å². The lowest BCUT2D eigenvalue weighted by molar-refractivity contribution is -0.127. The van der Waals surface area contributed by atoms with Crippen LogP contribution in [-0.2, 0) is 4.79 Å². The number of carbonyl (C=O) groups is 2. The summed E-state index contributed by atoms with van der Waals surface area (Å²) in [4.78, 5) is 26.1. The Kier molecular flexibility index (Phi) is 3.24. The topological polar surface area (TPSA) is 49.4 Å². The first kappa shape index (κ1) is 11.1. The average Bonchev–Trinajstić information content (AvgIpc) is 2.81. The van der Waals surface area contributed by atoms with Gasteiger partial charge < -0.3 is 10.2 Å². The highest BCUT2D eigenvalue weighted by molar-refractivity contribution is 7.12. The molecule has 16 heavy (non-hydrogen) atoms. The van der Waals surface area contributed by atoms with Crippen molar-refractivity contribution in [1.82, 2.24) is 10.2 Å². The zero-order valence-corrected chi connectivity index (χ0v) is 9.92. The van der Waals surface area contributed by atoms with E-state index >= 15 is 0 Å². The number of amides is 2. The first-order valence-corrected chi connectivity index (χ1v) is 6.24. The number of hydrogen-bond acceptors (Lipinski definition) is 3. The number of thiophene rings is 1. The molecule has 2 heterocycles. The van der Waals surface area contributed by atoms with Gasteiger partial charge in [-0.2, -0.15) is 0 Å². The monoisotopic (exact) mass is 238 g/mol. The third-order valence-electron chi connectivity index (χ3n) is 2.71. The number of hydrogen-bond donors (Lipinski definition) is 1. The van der Waals surface area contributed by atoms with Gasteiger partial charge in [-0.3, -0.25) is 9.59 Å². The van der Waals surface area contributed by atoms with Crippen molar-refractivity contribution in [2.45, 2.75) is 19.4 Å². The van der Waals surface area contributed by atoms with E-state index in [9.17, 15) is 9.59 Å². The lowest BCUT2D eigenvalue weighted by atomic mass is 10.1. The fourth-order valence-electron chi connectivity index (χ4n) is 1.91. The van der Waals surface area contributed by atoms with Crippen molar-refractivity contribution < 1.29 is 9.59 Å². The molecule has 0 radical (unpaired) electrons. The Bertz CT molecular complexity index is 389. The quantitative estimate of drug-likeness (QED) is 0.838. The minimum Gasteiger partial charge on any atom is -0.353 e. The molecule has 1 aromatic rings. The van der Waals surface area contributed by atoms with Crippen molar-refractivity contribution in [2.75, 3.05) is 13.1 Å². The SMILES string of the molecule is CCC1C(=O)NCCN1C(=O)c1cccs1. The molecule has 1 aliphatic heterocycles. The summed E-state index contributed by atoms with van der Waals surface area (Å²) >= 11 is 1.42. The fraction of sp³-hybridized carbons (Fsp3) is 0.455. The lowest BCUT2D eigenvalue weighted by Gasteiger charge is -2.34. The maximum absolute atomic E-state index is 12.1. The molecule has 0 aromatic carbocycles. The van der Waals surface area contributed by atoms with Gasteiger partial charge in [0.25, 0.3) is 5.91 Å². The Balaban J connectivity index is 2.18. The molecule has 2 rings (SSSR count). The van der Waals surface area contributed by atoms with Crippen molar-refractivity contribution in [2.24, 2.45) is 0 Å². The van der Waals surface area contributed by atoms with Gasteiger partial charge in [0.2, 0.25) is 5.91 Å². The molecule has 2 amide bonds. The summed E-state index contributed by atoms with van der Waals surface area (Å²) in [5.74, 6) is -0.0737. The second-order valence-electron chi connectivity index (χ2n) is 3.69. The molecule has 0 saturated carbocycles. The van der Waals surface area contributed by atoms with Crippen LogP contribution in [0.1, 0.15) is 23.0 Å². The first-order chi connectivity index (χ1) is 7.74. The van der Waals surface area contributed by atoms with E-state index in [0.29, 0.717) is 24.4 Å². The summed E-state index contributed by atoms with van der Waals surface area (Å²) in [6, 6.07) is 3.33. The second-order valence-corrected chi connectivity index (χ2v) is 4.64. The van der Waals surface area contributed by atoms with E-state index in [0.717, 1.165) is 0 Å². The minimum absolute atomic E-state index is 0.0308. The van der Waals surface area contributed by atoms with E-state index in [1.54, 1.807) is 11.0 Å². The van der Waals surface area contributed by atoms with E-state index in [1.807, 2.05) is 18.4 Å². The van der Waals surface area contributed by atoms with Gasteiger partial charge >= 0.3 is 0 Å². The third-order valence-corrected chi connectivity index (χ3v) is 3.57. The summed E-state index contributed by atoms with van der Waals surface area (Å²) < 4.78 is 0. The van der Waals surface area contributed by atoms with Crippen LogP contribution in [0.25, 0.3) is 0 Å². The fourth-order valence-corrected chi connectivity index (χ4v) is 2.58. The van der Waals surface area contributed by atoms with E-state index in [-0.39, 0.29) is 17.9 Å². The molecular formula is C11H14N2O2S. The number of piperazine rings is 1. The highest BCUT2D eigenvalue weighted by Crippen LogP contribution is 2.16. The van der Waals surface area contributed by atoms with Crippen LogP contribution >= 0.6 is 11.3 Å². The minimum atomic E-state index is -0.316. The number of nitrogens with one attached hydrogen (secondary N) is 1. The van der Waals surface area contributed by atoms with Crippen molar-refractivity contribution in [1.29, 1.82) is 0 Å². The largest absolute Gasteiger partial charge is 0.353 e. The van der Waals surface area contributed by atoms with Crippen molar-refractivity contribution in [3.63, 3.8) is 0 Å². The van der Waals surface area contributed by atoms with Crippen LogP contribution < -0.4 is 5.32 Å². The highest BCUT2D eigenvalue weighted by Gasteiger charge is 2.32. The molecule has 86 valence electrons. The van der Waals surface area contributed by atoms with Gasteiger partial charge in [0.1, 0.15) is 6.04 Å². The Morgan fingerprint density at radius 1 is 1.69 bits per heavy atom. The van der Waals surface area contributed by atoms with Gasteiger partial charge in [0.05, 0.1) is 4.88 Å². The number of carbonyl (C=O) groups excluding carboxylic acids is 2. The standard InChI is InChI=1S/C11H14N2O2S/c1-2-8-10(14)12-5-6-13(8)11(15)9-4-3-7-16-9/h3-4,7-8H,2,5-6H2,1H3,(H,12,14). The summed E-state index contributed by atoms with van der Waals surface area (Å²) in [6.07, 6.45) is 0.656. The third kappa shape index (κ3) is 1.95. The Hall–Kier alpha value is -1.36. The van der Waals surface area contributed by atoms with Crippen LogP contribution in [-0.4, -0.2) is 35.8 Å². The molecule has 1 unspecified atom stereocenters. The molecule has 5 heteroatoms. The molecule has 1 saturated heterocycles. The van der Waals surface area contributed by atoms with Crippen molar-refractivity contribution in [3.05, 3.63) is 22.4 Å². The van der Waals surface area contributed by atoms with Crippen molar-refractivity contribution >= 4 is 23.2 Å². The summed E-state index contributed by atoms with van der Waals surface area (Å²) in [5, 5.41) is 4.66. The predicted molar refractivity (Wildman–Crippen MR) is 62.4 cm³/mol. The van der Waals surface area contributed by atoms with E-state index < -0.39 is 0 Å². The Morgan fingerprint density at radius 3 is 3.12 bits per heavy atom. The van der Waals surface area contributed by atoms with Crippen LogP contribution in [0.3, 0.4) is 0 Å². The average molecular weight is 238 g/mol. The smallest absolute Gasteiger partial charge is 0.264 e. The van der Waals surface area contributed by atoms with Gasteiger partial charge in [0, 0.05) is 13.1 Å². The number of rotatable bonds is 2. The predicted octanol–water partition coefficient (Wildman–Crippen LogP) is 1.10. The maximum atomic E-state index is 12.1. The molecule has 1 N–H and O–H groups in total. The van der Waals surface area contributed by atoms with Gasteiger partial charge in [-0.25, -0.2) is 0 Å². The zero-order chi connectivity index (χ0) is 11.5. The number of nitrogens with zero attached hydrogens (tertiary/aromatic N) is 1. The van der Waals surface area contributed by atoms with Crippen LogP contribution in [0.4, 0.5) is 0 Å². The highest BCUT2D eigenvalue weighted by atomic mass is 32.1. The zero-order valence-electron chi connectivity index (χ0n) is 9.10. The van der Waals surface area contributed by atoms with Crippen LogP contribution in [0, 0.1) is 0 Å². The van der Waals surface area contributed by atoms with Crippen LogP contribution in [0.2, 0.25) is 0 Å². The van der Waals surface area contributed by atoms with E-state index in [4.69, 9.17) is 0 Å². The molecule has 0 aliphatic carbocycles. The molecule has 4 nitrogen and oxygen atoms in total. The normalized spacial score (nSPS) is 20.7. The molecule has 1 atom stereocenters. The molecule has 1 aliphatic rings. The Labute approximate surface area is 98.3 Å². The van der Waals surface area contributed by atoms with E-state index in [2.05, 4.69) is 5.32 Å². The van der Waals surface area contributed by atoms with Gasteiger partial charge in [-0.05, 0) is 17.9 Å². The van der Waals surface area contributed by atoms with Crippen LogP contribution in [0.5, 0.6) is 0 Å². The molecular weight excluding hydrogens is 224 g/mol. The second kappa shape index (κ2) is 4.65. The molecule has 1 aromatic heterocycles. The van der Waals surface area contributed by atoms with E-state index in [1.165, 1.54) is 11.3 Å². The first-order valence-electron chi connectivity index (χ1n) is 5.36. The summed E-state index contributed by atoms with van der Waals surface area (Å²) in [5.41, 5.74) is 0. The Morgan fingerprint density at radius 2 is 2.50 bits per heavy atom. The summed E-state index contributed by atoms with van der Waals surface area (Å²) in [7, 11) is 0. The van der Waals surface area contributed by atoms with Crippen molar-refractivity contribution in [3.8, 4) is 0 Å². The van der Waals surface area contributed by atoms with Gasteiger partial charge in [-0.1, -0.05) is 13.0 Å². The summed E-state index contributed by atoms with van der Waals surface area (Å²) in [6.45, 7) is 3.07. The van der Waals surface area contributed by atoms with Gasteiger partial charge in [-0.15, -0.1) is 11.3 Å².